The number of epoxide rings is 1. The van der Waals surface area contributed by atoms with Gasteiger partial charge in [0.2, 0.25) is 0 Å². The molecule has 0 aromatic heterocycles. The minimum absolute atomic E-state index is 0.0414. The van der Waals surface area contributed by atoms with E-state index in [1.807, 2.05) is 0 Å². The summed E-state index contributed by atoms with van der Waals surface area (Å²) in [6, 6.07) is 0. The van der Waals surface area contributed by atoms with E-state index < -0.39 is 0 Å². The number of fused-ring (bicyclic) bond motifs is 1. The zero-order valence-electron chi connectivity index (χ0n) is 14.5. The first kappa shape index (κ1) is 17.5. The Balaban J connectivity index is 2.06. The van der Waals surface area contributed by atoms with E-state index in [-0.39, 0.29) is 12.2 Å². The first-order chi connectivity index (χ1) is 10.4. The zero-order chi connectivity index (χ0) is 16.2. The summed E-state index contributed by atoms with van der Waals surface area (Å²) in [6.45, 7) is 10.9. The Morgan fingerprint density at radius 2 is 1.95 bits per heavy atom. The number of allylic oxidation sites excluding steroid dienone is 4. The summed E-state index contributed by atoms with van der Waals surface area (Å²) in [4.78, 5) is 0. The molecule has 2 unspecified atom stereocenters. The third-order valence-corrected chi connectivity index (χ3v) is 5.37. The molecule has 0 spiro atoms. The Kier molecular flexibility index (Phi) is 6.05. The van der Waals surface area contributed by atoms with Gasteiger partial charge in [-0.15, -0.1) is 0 Å². The Bertz CT molecular complexity index is 460. The van der Waals surface area contributed by atoms with E-state index in [0.29, 0.717) is 12.0 Å². The summed E-state index contributed by atoms with van der Waals surface area (Å²) < 4.78 is 6.00. The second-order valence-electron chi connectivity index (χ2n) is 7.39. The van der Waals surface area contributed by atoms with Crippen molar-refractivity contribution < 1.29 is 9.84 Å². The van der Waals surface area contributed by atoms with Gasteiger partial charge in [-0.25, -0.2) is 0 Å². The standard InChI is InChI=1S/C20H32O2/c1-15-7-5-8-16(2)10-11-18(17(3)14-21)13-19-20(4,22-19)12-6-9-15/h8-9,18-19,21H,3,5-7,10-14H2,1-2,4H3/t18?,19?,20-/m0/s1. The highest BCUT2D eigenvalue weighted by atomic mass is 16.6. The molecule has 0 radical (unpaired) electrons. The number of hydrogen-bond donors (Lipinski definition) is 1. The molecule has 22 heavy (non-hydrogen) atoms. The smallest absolute Gasteiger partial charge is 0.0923 e. The normalized spacial score (nSPS) is 34.0. The molecule has 0 aromatic rings. The molecule has 0 amide bonds. The number of rotatable bonds is 2. The maximum atomic E-state index is 9.45. The Hall–Kier alpha value is -0.860. The highest BCUT2D eigenvalue weighted by molar-refractivity contribution is 5.11. The fourth-order valence-corrected chi connectivity index (χ4v) is 3.44. The fraction of sp³-hybridized carbons (Fsp3) is 0.700. The highest BCUT2D eigenvalue weighted by Gasteiger charge is 2.51. The van der Waals surface area contributed by atoms with Crippen molar-refractivity contribution >= 4 is 0 Å². The van der Waals surface area contributed by atoms with Crippen molar-refractivity contribution in [3.8, 4) is 0 Å². The van der Waals surface area contributed by atoms with Crippen LogP contribution in [0.5, 0.6) is 0 Å². The first-order valence-corrected chi connectivity index (χ1v) is 8.72. The van der Waals surface area contributed by atoms with Gasteiger partial charge in [0.25, 0.3) is 0 Å². The molecule has 0 aromatic carbocycles. The Labute approximate surface area is 136 Å². The molecule has 0 saturated carbocycles. The minimum atomic E-state index is 0.0414. The van der Waals surface area contributed by atoms with E-state index in [1.54, 1.807) is 0 Å². The van der Waals surface area contributed by atoms with Crippen LogP contribution < -0.4 is 0 Å². The lowest BCUT2D eigenvalue weighted by Crippen LogP contribution is -2.16. The van der Waals surface area contributed by atoms with Gasteiger partial charge in [0.15, 0.2) is 0 Å². The van der Waals surface area contributed by atoms with Gasteiger partial charge >= 0.3 is 0 Å². The molecule has 1 heterocycles. The molecule has 3 atom stereocenters. The summed E-state index contributed by atoms with van der Waals surface area (Å²) in [7, 11) is 0. The number of hydrogen-bond acceptors (Lipinski definition) is 2. The quantitative estimate of drug-likeness (QED) is 0.578. The SMILES string of the molecule is C=C(CO)C1CCC(C)=CCCC(C)=CCC[C@]2(C)OC2C1. The van der Waals surface area contributed by atoms with Crippen LogP contribution in [0, 0.1) is 5.92 Å². The zero-order valence-corrected chi connectivity index (χ0v) is 14.5. The largest absolute Gasteiger partial charge is 0.392 e. The van der Waals surface area contributed by atoms with Crippen molar-refractivity contribution in [3.63, 3.8) is 0 Å². The predicted octanol–water partition coefficient (Wildman–Crippen LogP) is 4.95. The lowest BCUT2D eigenvalue weighted by molar-refractivity contribution is 0.279. The molecule has 1 fully saturated rings. The van der Waals surface area contributed by atoms with Crippen LogP contribution in [-0.2, 0) is 4.74 Å². The predicted molar refractivity (Wildman–Crippen MR) is 92.8 cm³/mol. The number of aliphatic hydroxyl groups is 1. The summed E-state index contributed by atoms with van der Waals surface area (Å²) in [6.07, 6.45) is 12.8. The average molecular weight is 304 g/mol. The second kappa shape index (κ2) is 7.61. The van der Waals surface area contributed by atoms with Gasteiger partial charge in [0.1, 0.15) is 0 Å². The Morgan fingerprint density at radius 1 is 1.27 bits per heavy atom. The lowest BCUT2D eigenvalue weighted by atomic mass is 9.85. The van der Waals surface area contributed by atoms with Crippen molar-refractivity contribution in [1.82, 2.24) is 0 Å². The topological polar surface area (TPSA) is 32.8 Å². The van der Waals surface area contributed by atoms with Gasteiger partial charge in [0.05, 0.1) is 18.3 Å². The molecule has 0 bridgehead atoms. The molecule has 1 aliphatic carbocycles. The van der Waals surface area contributed by atoms with Crippen LogP contribution >= 0.6 is 0 Å². The van der Waals surface area contributed by atoms with Crippen molar-refractivity contribution in [2.75, 3.05) is 6.61 Å². The van der Waals surface area contributed by atoms with Gasteiger partial charge in [-0.2, -0.15) is 0 Å². The summed E-state index contributed by atoms with van der Waals surface area (Å²) in [5, 5.41) is 9.45. The van der Waals surface area contributed by atoms with Crippen molar-refractivity contribution in [3.05, 3.63) is 35.5 Å². The van der Waals surface area contributed by atoms with Crippen LogP contribution in [0.25, 0.3) is 0 Å². The van der Waals surface area contributed by atoms with E-state index in [9.17, 15) is 5.11 Å². The van der Waals surface area contributed by atoms with Crippen molar-refractivity contribution in [2.45, 2.75) is 77.4 Å². The lowest BCUT2D eigenvalue weighted by Gasteiger charge is -2.18. The van der Waals surface area contributed by atoms with Gasteiger partial charge in [-0.3, -0.25) is 0 Å². The summed E-state index contributed by atoms with van der Waals surface area (Å²) in [5.74, 6) is 0.375. The van der Waals surface area contributed by atoms with Gasteiger partial charge < -0.3 is 9.84 Å². The highest BCUT2D eigenvalue weighted by Crippen LogP contribution is 2.45. The molecular formula is C20H32O2. The average Bonchev–Trinajstić information content (AvgIpc) is 3.11. The van der Waals surface area contributed by atoms with E-state index in [1.165, 1.54) is 11.1 Å². The number of aliphatic hydroxyl groups excluding tert-OH is 1. The summed E-state index contributed by atoms with van der Waals surface area (Å²) >= 11 is 0. The first-order valence-electron chi connectivity index (χ1n) is 8.72. The van der Waals surface area contributed by atoms with Gasteiger partial charge in [-0.05, 0) is 77.2 Å². The molecule has 1 saturated heterocycles. The molecule has 2 aliphatic rings. The number of ether oxygens (including phenoxy) is 1. The molecular weight excluding hydrogens is 272 g/mol. The van der Waals surface area contributed by atoms with Crippen LogP contribution in [0.3, 0.4) is 0 Å². The third-order valence-electron chi connectivity index (χ3n) is 5.37. The molecule has 1 aliphatic heterocycles. The second-order valence-corrected chi connectivity index (χ2v) is 7.39. The van der Waals surface area contributed by atoms with Crippen LogP contribution in [-0.4, -0.2) is 23.4 Å². The molecule has 2 heteroatoms. The molecule has 2 nitrogen and oxygen atoms in total. The van der Waals surface area contributed by atoms with Crippen LogP contribution in [0.2, 0.25) is 0 Å². The molecule has 2 rings (SSSR count). The van der Waals surface area contributed by atoms with Crippen LogP contribution in [0.4, 0.5) is 0 Å². The van der Waals surface area contributed by atoms with E-state index >= 15 is 0 Å². The fourth-order valence-electron chi connectivity index (χ4n) is 3.44. The van der Waals surface area contributed by atoms with E-state index in [4.69, 9.17) is 4.74 Å². The Morgan fingerprint density at radius 3 is 2.68 bits per heavy atom. The molecule has 124 valence electrons. The van der Waals surface area contributed by atoms with Crippen LogP contribution in [0.1, 0.15) is 65.7 Å². The minimum Gasteiger partial charge on any atom is -0.392 e. The van der Waals surface area contributed by atoms with Crippen molar-refractivity contribution in [2.24, 2.45) is 5.92 Å². The van der Waals surface area contributed by atoms with E-state index in [0.717, 1.165) is 50.5 Å². The molecule has 1 N–H and O–H groups in total. The summed E-state index contributed by atoms with van der Waals surface area (Å²) in [5.41, 5.74) is 3.96. The van der Waals surface area contributed by atoms with E-state index in [2.05, 4.69) is 39.5 Å². The van der Waals surface area contributed by atoms with Crippen LogP contribution in [0.15, 0.2) is 35.5 Å². The monoisotopic (exact) mass is 304 g/mol. The third kappa shape index (κ3) is 4.82. The van der Waals surface area contributed by atoms with Gasteiger partial charge in [0, 0.05) is 0 Å². The maximum absolute atomic E-state index is 9.45. The maximum Gasteiger partial charge on any atom is 0.0923 e. The van der Waals surface area contributed by atoms with Crippen molar-refractivity contribution in [1.29, 1.82) is 0 Å². The van der Waals surface area contributed by atoms with Gasteiger partial charge in [-0.1, -0.05) is 29.9 Å².